The first kappa shape index (κ1) is 30.7. The molecule has 0 aliphatic rings. The molecule has 0 aliphatic carbocycles. The zero-order valence-electron chi connectivity index (χ0n) is 20.5. The van der Waals surface area contributed by atoms with Gasteiger partial charge in [-0.25, -0.2) is 24.7 Å². The fourth-order valence-corrected chi connectivity index (χ4v) is 3.11. The minimum atomic E-state index is -0.363. The van der Waals surface area contributed by atoms with E-state index in [-0.39, 0.29) is 19.4 Å². The highest BCUT2D eigenvalue weighted by atomic mass is 127. The van der Waals surface area contributed by atoms with Gasteiger partial charge in [0.15, 0.2) is 0 Å². The standard InChI is InChI=1S/C14H21N3O2.C9H14IN3.CH4/c1-6-19-13(18)8-7-12-10(4)16-11(5)17-14(12)15-9(2)3;1-5(2)11-9-8(10)6(3)12-7(4)13-9;/h7-9H,6H2,1-5H3,(H,15,16,17);5H,1-4H3,(H,11,12,13);1H4/b8-7+;;. The van der Waals surface area contributed by atoms with Crippen LogP contribution in [0.3, 0.4) is 0 Å². The summed E-state index contributed by atoms with van der Waals surface area (Å²) in [6.07, 6.45) is 3.09. The van der Waals surface area contributed by atoms with E-state index in [2.05, 4.69) is 67.0 Å². The van der Waals surface area contributed by atoms with E-state index in [4.69, 9.17) is 4.74 Å². The first-order chi connectivity index (χ1) is 14.9. The Balaban J connectivity index is 0.000000642. The van der Waals surface area contributed by atoms with E-state index in [0.29, 0.717) is 18.5 Å². The summed E-state index contributed by atoms with van der Waals surface area (Å²) in [6, 6.07) is 0.658. The third kappa shape index (κ3) is 10.9. The molecule has 8 nitrogen and oxygen atoms in total. The molecule has 9 heteroatoms. The molecular weight excluding hydrogens is 531 g/mol. The predicted molar refractivity (Wildman–Crippen MR) is 146 cm³/mol. The second-order valence-electron chi connectivity index (χ2n) is 7.82. The molecule has 0 radical (unpaired) electrons. The first-order valence-electron chi connectivity index (χ1n) is 10.7. The Hall–Kier alpha value is -2.30. The van der Waals surface area contributed by atoms with Crippen molar-refractivity contribution in [1.82, 2.24) is 19.9 Å². The molecule has 2 N–H and O–H groups in total. The highest BCUT2D eigenvalue weighted by molar-refractivity contribution is 14.1. The average Bonchev–Trinajstić information content (AvgIpc) is 2.64. The number of esters is 1. The van der Waals surface area contributed by atoms with Crippen LogP contribution in [-0.4, -0.2) is 44.6 Å². The van der Waals surface area contributed by atoms with Crippen molar-refractivity contribution >= 4 is 46.3 Å². The lowest BCUT2D eigenvalue weighted by atomic mass is 10.2. The van der Waals surface area contributed by atoms with Crippen LogP contribution in [0, 0.1) is 31.3 Å². The minimum absolute atomic E-state index is 0. The summed E-state index contributed by atoms with van der Waals surface area (Å²) < 4.78 is 5.97. The Bertz CT molecular complexity index is 945. The third-order valence-corrected chi connectivity index (χ3v) is 5.19. The number of nitrogens with zero attached hydrogens (tertiary/aromatic N) is 4. The molecule has 33 heavy (non-hydrogen) atoms. The van der Waals surface area contributed by atoms with E-state index in [1.165, 1.54) is 6.08 Å². The molecule has 0 aromatic carbocycles. The summed E-state index contributed by atoms with van der Waals surface area (Å²) in [6.45, 7) is 18.1. The zero-order valence-corrected chi connectivity index (χ0v) is 22.7. The lowest BCUT2D eigenvalue weighted by Crippen LogP contribution is -2.14. The van der Waals surface area contributed by atoms with Crippen LogP contribution in [0.1, 0.15) is 70.6 Å². The number of rotatable bonds is 7. The van der Waals surface area contributed by atoms with E-state index < -0.39 is 0 Å². The largest absolute Gasteiger partial charge is 0.463 e. The molecule has 0 saturated heterocycles. The van der Waals surface area contributed by atoms with Crippen LogP contribution in [-0.2, 0) is 9.53 Å². The molecule has 0 saturated carbocycles. The van der Waals surface area contributed by atoms with Gasteiger partial charge in [-0.3, -0.25) is 0 Å². The van der Waals surface area contributed by atoms with Gasteiger partial charge in [0.05, 0.1) is 21.6 Å². The number of aromatic nitrogens is 4. The van der Waals surface area contributed by atoms with Crippen molar-refractivity contribution < 1.29 is 9.53 Å². The predicted octanol–water partition coefficient (Wildman–Crippen LogP) is 5.64. The number of hydrogen-bond acceptors (Lipinski definition) is 8. The van der Waals surface area contributed by atoms with Gasteiger partial charge in [0, 0.05) is 23.7 Å². The molecule has 0 unspecified atom stereocenters. The normalized spacial score (nSPS) is 10.5. The number of ether oxygens (including phenoxy) is 1. The van der Waals surface area contributed by atoms with Crippen LogP contribution in [0.5, 0.6) is 0 Å². The first-order valence-corrected chi connectivity index (χ1v) is 11.8. The van der Waals surface area contributed by atoms with Gasteiger partial charge in [0.2, 0.25) is 0 Å². The fraction of sp³-hybridized carbons (Fsp3) is 0.542. The van der Waals surface area contributed by atoms with Crippen LogP contribution in [0.2, 0.25) is 0 Å². The number of aryl methyl sites for hydroxylation is 4. The fourth-order valence-electron chi connectivity index (χ4n) is 2.71. The van der Waals surface area contributed by atoms with E-state index in [1.54, 1.807) is 13.0 Å². The Morgan fingerprint density at radius 3 is 1.91 bits per heavy atom. The number of nitrogens with one attached hydrogen (secondary N) is 2. The van der Waals surface area contributed by atoms with E-state index in [9.17, 15) is 4.79 Å². The topological polar surface area (TPSA) is 102 Å². The molecule has 0 spiro atoms. The van der Waals surface area contributed by atoms with Crippen molar-refractivity contribution in [3.05, 3.63) is 38.2 Å². The number of carbonyl (C=O) groups excluding carboxylic acids is 1. The van der Waals surface area contributed by atoms with Gasteiger partial charge in [0.1, 0.15) is 23.3 Å². The van der Waals surface area contributed by atoms with Gasteiger partial charge in [0.25, 0.3) is 0 Å². The minimum Gasteiger partial charge on any atom is -0.463 e. The third-order valence-electron chi connectivity index (χ3n) is 3.90. The van der Waals surface area contributed by atoms with Gasteiger partial charge < -0.3 is 15.4 Å². The summed E-state index contributed by atoms with van der Waals surface area (Å²) in [5, 5.41) is 6.55. The van der Waals surface area contributed by atoms with Crippen LogP contribution in [0.15, 0.2) is 6.08 Å². The maximum atomic E-state index is 11.4. The van der Waals surface area contributed by atoms with Crippen molar-refractivity contribution in [1.29, 1.82) is 0 Å². The van der Waals surface area contributed by atoms with Crippen LogP contribution < -0.4 is 10.6 Å². The highest BCUT2D eigenvalue weighted by Crippen LogP contribution is 2.20. The number of anilines is 2. The van der Waals surface area contributed by atoms with E-state index in [0.717, 1.165) is 38.0 Å². The van der Waals surface area contributed by atoms with Gasteiger partial charge in [-0.2, -0.15) is 0 Å². The van der Waals surface area contributed by atoms with Gasteiger partial charge in [-0.15, -0.1) is 0 Å². The Morgan fingerprint density at radius 2 is 1.39 bits per heavy atom. The van der Waals surface area contributed by atoms with Gasteiger partial charge in [-0.05, 0) is 91.0 Å². The molecular formula is C24H39IN6O2. The van der Waals surface area contributed by atoms with Gasteiger partial charge >= 0.3 is 5.97 Å². The van der Waals surface area contributed by atoms with Crippen molar-refractivity contribution in [2.45, 2.75) is 81.8 Å². The Kier molecular flexibility index (Phi) is 13.7. The molecule has 2 aromatic rings. The maximum absolute atomic E-state index is 11.4. The van der Waals surface area contributed by atoms with Crippen molar-refractivity contribution in [3.8, 4) is 0 Å². The molecule has 0 amide bonds. The van der Waals surface area contributed by atoms with E-state index >= 15 is 0 Å². The summed E-state index contributed by atoms with van der Waals surface area (Å²) >= 11 is 2.27. The second kappa shape index (κ2) is 14.8. The monoisotopic (exact) mass is 570 g/mol. The lowest BCUT2D eigenvalue weighted by molar-refractivity contribution is -0.137. The number of hydrogen-bond donors (Lipinski definition) is 2. The van der Waals surface area contributed by atoms with Crippen molar-refractivity contribution in [2.75, 3.05) is 17.2 Å². The molecule has 2 aromatic heterocycles. The molecule has 0 atom stereocenters. The summed E-state index contributed by atoms with van der Waals surface area (Å²) in [7, 11) is 0. The van der Waals surface area contributed by atoms with Crippen LogP contribution in [0.25, 0.3) is 6.08 Å². The van der Waals surface area contributed by atoms with Crippen molar-refractivity contribution in [2.24, 2.45) is 0 Å². The summed E-state index contributed by atoms with van der Waals surface area (Å²) in [5.41, 5.74) is 2.68. The molecule has 184 valence electrons. The molecule has 2 heterocycles. The smallest absolute Gasteiger partial charge is 0.330 e. The number of carbonyl (C=O) groups is 1. The lowest BCUT2D eigenvalue weighted by Gasteiger charge is -2.14. The summed E-state index contributed by atoms with van der Waals surface area (Å²) in [5.74, 6) is 2.84. The summed E-state index contributed by atoms with van der Waals surface area (Å²) in [4.78, 5) is 28.7. The van der Waals surface area contributed by atoms with Gasteiger partial charge in [-0.1, -0.05) is 7.43 Å². The SMILES string of the molecule is C.CCOC(=O)/C=C/c1c(C)nc(C)nc1NC(C)C.Cc1nc(C)c(I)c(NC(C)C)n1. The number of halogens is 1. The second-order valence-corrected chi connectivity index (χ2v) is 8.90. The molecule has 0 bridgehead atoms. The molecule has 2 rings (SSSR count). The Morgan fingerprint density at radius 1 is 0.909 bits per heavy atom. The maximum Gasteiger partial charge on any atom is 0.330 e. The quantitative estimate of drug-likeness (QED) is 0.251. The van der Waals surface area contributed by atoms with Crippen LogP contribution in [0.4, 0.5) is 11.6 Å². The molecule has 0 aliphatic heterocycles. The Labute approximate surface area is 212 Å². The van der Waals surface area contributed by atoms with Crippen molar-refractivity contribution in [3.63, 3.8) is 0 Å². The highest BCUT2D eigenvalue weighted by Gasteiger charge is 2.10. The zero-order chi connectivity index (χ0) is 24.4. The van der Waals surface area contributed by atoms with Crippen LogP contribution >= 0.6 is 22.6 Å². The van der Waals surface area contributed by atoms with E-state index in [1.807, 2.05) is 41.5 Å². The average molecular weight is 571 g/mol. The molecule has 0 fully saturated rings.